The van der Waals surface area contributed by atoms with Crippen molar-refractivity contribution < 1.29 is 9.47 Å². The van der Waals surface area contributed by atoms with E-state index in [4.69, 9.17) is 9.47 Å². The maximum Gasteiger partial charge on any atom is 0.234 e. The second-order valence-electron chi connectivity index (χ2n) is 7.89. The maximum atomic E-state index is 5.37. The predicted octanol–water partition coefficient (Wildman–Crippen LogP) is 4.80. The van der Waals surface area contributed by atoms with Crippen LogP contribution >= 0.6 is 0 Å². The van der Waals surface area contributed by atoms with Crippen molar-refractivity contribution in [3.05, 3.63) is 84.8 Å². The summed E-state index contributed by atoms with van der Waals surface area (Å²) >= 11 is 0. The number of ether oxygens (including phenoxy) is 2. The van der Waals surface area contributed by atoms with Gasteiger partial charge < -0.3 is 19.7 Å². The molecule has 9 nitrogen and oxygen atoms in total. The highest BCUT2D eigenvalue weighted by Gasteiger charge is 2.12. The Labute approximate surface area is 203 Å². The van der Waals surface area contributed by atoms with Crippen LogP contribution in [0.25, 0.3) is 10.9 Å². The van der Waals surface area contributed by atoms with Crippen LogP contribution in [0.5, 0.6) is 11.5 Å². The summed E-state index contributed by atoms with van der Waals surface area (Å²) in [5.41, 5.74) is 3.99. The first-order valence-electron chi connectivity index (χ1n) is 11.1. The second-order valence-corrected chi connectivity index (χ2v) is 7.89. The third-order valence-corrected chi connectivity index (χ3v) is 5.69. The molecule has 0 aliphatic carbocycles. The number of methoxy groups -OCH3 is 2. The van der Waals surface area contributed by atoms with Crippen LogP contribution in [0.1, 0.15) is 5.56 Å². The summed E-state index contributed by atoms with van der Waals surface area (Å²) in [6.45, 7) is 0.720. The van der Waals surface area contributed by atoms with E-state index in [0.717, 1.165) is 28.8 Å². The van der Waals surface area contributed by atoms with E-state index in [1.807, 2.05) is 65.3 Å². The lowest BCUT2D eigenvalue weighted by Crippen LogP contribution is -2.14. The van der Waals surface area contributed by atoms with Gasteiger partial charge in [0.15, 0.2) is 11.5 Å². The van der Waals surface area contributed by atoms with Crippen molar-refractivity contribution in [2.75, 3.05) is 31.5 Å². The summed E-state index contributed by atoms with van der Waals surface area (Å²) in [4.78, 5) is 15.1. The Morgan fingerprint density at radius 3 is 2.54 bits per heavy atom. The summed E-state index contributed by atoms with van der Waals surface area (Å²) in [6.07, 6.45) is 3.37. The topological polar surface area (TPSA) is 90.2 Å². The molecule has 2 heterocycles. The third-order valence-electron chi connectivity index (χ3n) is 5.69. The number of hydrogen-bond acceptors (Lipinski definition) is 8. The van der Waals surface area contributed by atoms with Crippen LogP contribution in [0.4, 0.5) is 23.3 Å². The molecule has 0 bridgehead atoms. The highest BCUT2D eigenvalue weighted by atomic mass is 16.5. The first-order valence-corrected chi connectivity index (χ1v) is 11.1. The standard InChI is InChI=1S/C26H25N7O2/c1-32(21-10-11-22-19(13-21)15-29-33(22)16-18-7-5-4-6-8-18)26-28-17-27-25(31-26)30-20-9-12-23(34-2)24(14-20)35-3/h4-15,17H,16H2,1-3H3,(H,27,28,30,31). The van der Waals surface area contributed by atoms with Crippen molar-refractivity contribution in [3.63, 3.8) is 0 Å². The molecule has 5 aromatic rings. The molecular formula is C26H25N7O2. The number of anilines is 4. The minimum atomic E-state index is 0.422. The van der Waals surface area contributed by atoms with Gasteiger partial charge in [0.05, 0.1) is 32.5 Å². The fraction of sp³-hybridized carbons (Fsp3) is 0.154. The summed E-state index contributed by atoms with van der Waals surface area (Å²) < 4.78 is 12.7. The quantitative estimate of drug-likeness (QED) is 0.348. The number of benzene rings is 3. The summed E-state index contributed by atoms with van der Waals surface area (Å²) in [5.74, 6) is 2.20. The van der Waals surface area contributed by atoms with E-state index in [1.165, 1.54) is 11.9 Å². The number of nitrogens with zero attached hydrogens (tertiary/aromatic N) is 6. The van der Waals surface area contributed by atoms with Gasteiger partial charge in [-0.1, -0.05) is 30.3 Å². The molecule has 3 aromatic carbocycles. The largest absolute Gasteiger partial charge is 0.493 e. The fourth-order valence-electron chi connectivity index (χ4n) is 3.83. The fourth-order valence-corrected chi connectivity index (χ4v) is 3.83. The second kappa shape index (κ2) is 9.68. The van der Waals surface area contributed by atoms with Gasteiger partial charge in [-0.25, -0.2) is 9.97 Å². The molecule has 0 spiro atoms. The Balaban J connectivity index is 1.36. The molecule has 2 aromatic heterocycles. The first-order chi connectivity index (χ1) is 17.1. The molecular weight excluding hydrogens is 442 g/mol. The zero-order valence-electron chi connectivity index (χ0n) is 19.7. The van der Waals surface area contributed by atoms with Crippen molar-refractivity contribution in [2.24, 2.45) is 0 Å². The van der Waals surface area contributed by atoms with E-state index < -0.39 is 0 Å². The Hall–Kier alpha value is -4.66. The van der Waals surface area contributed by atoms with Gasteiger partial charge in [-0.15, -0.1) is 0 Å². The van der Waals surface area contributed by atoms with Crippen LogP contribution in [0.3, 0.4) is 0 Å². The van der Waals surface area contributed by atoms with Gasteiger partial charge in [-0.3, -0.25) is 4.68 Å². The molecule has 5 rings (SSSR count). The smallest absolute Gasteiger partial charge is 0.234 e. The molecule has 0 aliphatic rings. The van der Waals surface area contributed by atoms with Crippen molar-refractivity contribution in [1.82, 2.24) is 24.7 Å². The molecule has 0 saturated carbocycles. The summed E-state index contributed by atoms with van der Waals surface area (Å²) in [6, 6.07) is 22.0. The van der Waals surface area contributed by atoms with Crippen molar-refractivity contribution >= 4 is 34.2 Å². The van der Waals surface area contributed by atoms with Crippen LogP contribution in [0, 0.1) is 0 Å². The Morgan fingerprint density at radius 2 is 1.74 bits per heavy atom. The SMILES string of the molecule is COc1ccc(Nc2ncnc(N(C)c3ccc4c(cnn4Cc4ccccc4)c3)n2)cc1OC. The number of aromatic nitrogens is 5. The molecule has 0 saturated heterocycles. The van der Waals surface area contributed by atoms with Gasteiger partial charge in [0.1, 0.15) is 6.33 Å². The molecule has 9 heteroatoms. The normalized spacial score (nSPS) is 10.8. The molecule has 0 amide bonds. The van der Waals surface area contributed by atoms with Gasteiger partial charge in [-0.05, 0) is 35.9 Å². The van der Waals surface area contributed by atoms with Crippen LogP contribution in [-0.4, -0.2) is 46.0 Å². The highest BCUT2D eigenvalue weighted by Crippen LogP contribution is 2.31. The Morgan fingerprint density at radius 1 is 0.914 bits per heavy atom. The third kappa shape index (κ3) is 4.70. The molecule has 0 aliphatic heterocycles. The molecule has 176 valence electrons. The summed E-state index contributed by atoms with van der Waals surface area (Å²) in [7, 11) is 5.12. The first kappa shape index (κ1) is 22.1. The predicted molar refractivity (Wildman–Crippen MR) is 136 cm³/mol. The van der Waals surface area contributed by atoms with Gasteiger partial charge in [0.2, 0.25) is 11.9 Å². The molecule has 0 radical (unpaired) electrons. The lowest BCUT2D eigenvalue weighted by atomic mass is 10.2. The van der Waals surface area contributed by atoms with Gasteiger partial charge >= 0.3 is 0 Å². The molecule has 1 N–H and O–H groups in total. The zero-order valence-corrected chi connectivity index (χ0v) is 19.7. The lowest BCUT2D eigenvalue weighted by molar-refractivity contribution is 0.355. The van der Waals surface area contributed by atoms with E-state index in [0.29, 0.717) is 23.4 Å². The highest BCUT2D eigenvalue weighted by molar-refractivity contribution is 5.83. The number of fused-ring (bicyclic) bond motifs is 1. The van der Waals surface area contributed by atoms with Crippen molar-refractivity contribution in [1.29, 1.82) is 0 Å². The van der Waals surface area contributed by atoms with E-state index in [-0.39, 0.29) is 0 Å². The molecule has 0 fully saturated rings. The van der Waals surface area contributed by atoms with Crippen molar-refractivity contribution in [3.8, 4) is 11.5 Å². The van der Waals surface area contributed by atoms with Crippen LogP contribution in [-0.2, 0) is 6.54 Å². The van der Waals surface area contributed by atoms with E-state index in [1.54, 1.807) is 14.2 Å². The maximum absolute atomic E-state index is 5.37. The Bertz CT molecular complexity index is 1450. The number of nitrogens with one attached hydrogen (secondary N) is 1. The van der Waals surface area contributed by atoms with Crippen LogP contribution in [0.2, 0.25) is 0 Å². The minimum Gasteiger partial charge on any atom is -0.493 e. The van der Waals surface area contributed by atoms with Gasteiger partial charge in [-0.2, -0.15) is 10.1 Å². The zero-order chi connectivity index (χ0) is 24.2. The summed E-state index contributed by atoms with van der Waals surface area (Å²) in [5, 5.41) is 8.82. The van der Waals surface area contributed by atoms with E-state index in [2.05, 4.69) is 49.6 Å². The van der Waals surface area contributed by atoms with E-state index in [9.17, 15) is 0 Å². The molecule has 35 heavy (non-hydrogen) atoms. The van der Waals surface area contributed by atoms with Crippen molar-refractivity contribution in [2.45, 2.75) is 6.54 Å². The van der Waals surface area contributed by atoms with Gasteiger partial charge in [0.25, 0.3) is 0 Å². The average molecular weight is 468 g/mol. The van der Waals surface area contributed by atoms with Gasteiger partial charge in [0, 0.05) is 29.9 Å². The monoisotopic (exact) mass is 467 g/mol. The van der Waals surface area contributed by atoms with Crippen LogP contribution in [0.15, 0.2) is 79.3 Å². The number of rotatable bonds is 8. The number of hydrogen-bond donors (Lipinski definition) is 1. The van der Waals surface area contributed by atoms with Crippen LogP contribution < -0.4 is 19.7 Å². The van der Waals surface area contributed by atoms with E-state index >= 15 is 0 Å². The minimum absolute atomic E-state index is 0.422. The molecule has 0 atom stereocenters. The average Bonchev–Trinajstić information content (AvgIpc) is 3.30. The molecule has 0 unspecified atom stereocenters. The lowest BCUT2D eigenvalue weighted by Gasteiger charge is -2.18. The Kier molecular flexibility index (Phi) is 6.13.